The first-order valence-electron chi connectivity index (χ1n) is 4.03. The first-order valence-corrected chi connectivity index (χ1v) is 4.03. The van der Waals surface area contributed by atoms with Crippen molar-refractivity contribution in [1.82, 2.24) is 0 Å². The van der Waals surface area contributed by atoms with Gasteiger partial charge in [-0.05, 0) is 12.1 Å². The minimum Gasteiger partial charge on any atom is -0.508 e. The quantitative estimate of drug-likeness (QED) is 0.605. The topological polar surface area (TPSA) is 89.4 Å². The van der Waals surface area contributed by atoms with Crippen molar-refractivity contribution < 1.29 is 23.2 Å². The highest BCUT2D eigenvalue weighted by Crippen LogP contribution is 2.36. The maximum Gasteiger partial charge on any atom is 0.407 e. The Labute approximate surface area is 87.4 Å². The Balaban J connectivity index is 3.30. The van der Waals surface area contributed by atoms with E-state index in [2.05, 4.69) is 0 Å². The summed E-state index contributed by atoms with van der Waals surface area (Å²) in [4.78, 5) is 9.48. The molecule has 3 N–H and O–H groups in total. The molecule has 0 aliphatic carbocycles. The molecule has 0 spiro atoms. The third-order valence-electron chi connectivity index (χ3n) is 1.90. The fourth-order valence-corrected chi connectivity index (χ4v) is 1.13. The molecule has 0 aliphatic heterocycles. The van der Waals surface area contributed by atoms with Crippen molar-refractivity contribution in [2.75, 3.05) is 0 Å². The summed E-state index contributed by atoms with van der Waals surface area (Å²) in [5.74, 6) is -0.514. The Hall–Kier alpha value is -1.83. The molecular formula is C8H7F3N2O3. The molecule has 0 radical (unpaired) electrons. The smallest absolute Gasteiger partial charge is 0.407 e. The van der Waals surface area contributed by atoms with Crippen LogP contribution in [0.5, 0.6) is 5.75 Å². The molecule has 0 saturated carbocycles. The van der Waals surface area contributed by atoms with Crippen LogP contribution in [0, 0.1) is 10.1 Å². The zero-order chi connectivity index (χ0) is 12.5. The van der Waals surface area contributed by atoms with Crippen LogP contribution < -0.4 is 5.73 Å². The van der Waals surface area contributed by atoms with Gasteiger partial charge in [0.25, 0.3) is 5.69 Å². The zero-order valence-corrected chi connectivity index (χ0v) is 7.73. The Morgan fingerprint density at radius 3 is 2.44 bits per heavy atom. The summed E-state index contributed by atoms with van der Waals surface area (Å²) in [7, 11) is 0. The second-order valence-electron chi connectivity index (χ2n) is 3.02. The van der Waals surface area contributed by atoms with Crippen molar-refractivity contribution >= 4 is 5.69 Å². The number of benzene rings is 1. The summed E-state index contributed by atoms with van der Waals surface area (Å²) in [6.45, 7) is 0. The summed E-state index contributed by atoms with van der Waals surface area (Å²) in [5, 5.41) is 19.5. The second kappa shape index (κ2) is 3.97. The molecule has 1 rings (SSSR count). The number of nitrogens with two attached hydrogens (primary N) is 1. The summed E-state index contributed by atoms with van der Waals surface area (Å²) in [6, 6.07) is -0.169. The SMILES string of the molecule is N[C@H](c1cc(O)ccc1[N+](=O)[O-])C(F)(F)F. The predicted molar refractivity (Wildman–Crippen MR) is 47.7 cm³/mol. The van der Waals surface area contributed by atoms with E-state index in [1.54, 1.807) is 0 Å². The second-order valence-corrected chi connectivity index (χ2v) is 3.02. The summed E-state index contributed by atoms with van der Waals surface area (Å²) < 4.78 is 36.8. The molecule has 0 fully saturated rings. The zero-order valence-electron chi connectivity index (χ0n) is 7.73. The fourth-order valence-electron chi connectivity index (χ4n) is 1.13. The van der Waals surface area contributed by atoms with Crippen LogP contribution in [-0.2, 0) is 0 Å². The van der Waals surface area contributed by atoms with Crippen LogP contribution in [-0.4, -0.2) is 16.2 Å². The van der Waals surface area contributed by atoms with E-state index in [4.69, 9.17) is 10.8 Å². The van der Waals surface area contributed by atoms with Gasteiger partial charge in [-0.15, -0.1) is 0 Å². The van der Waals surface area contributed by atoms with E-state index in [1.807, 2.05) is 0 Å². The van der Waals surface area contributed by atoms with Crippen molar-refractivity contribution in [3.63, 3.8) is 0 Å². The van der Waals surface area contributed by atoms with Gasteiger partial charge in [0.1, 0.15) is 11.8 Å². The molecular weight excluding hydrogens is 229 g/mol. The average molecular weight is 236 g/mol. The molecule has 0 heterocycles. The van der Waals surface area contributed by atoms with Gasteiger partial charge >= 0.3 is 6.18 Å². The molecule has 1 aromatic rings. The molecule has 0 aliphatic rings. The van der Waals surface area contributed by atoms with E-state index in [1.165, 1.54) is 0 Å². The number of nitro benzene ring substituents is 1. The Morgan fingerprint density at radius 2 is 2.00 bits per heavy atom. The van der Waals surface area contributed by atoms with E-state index in [9.17, 15) is 23.3 Å². The van der Waals surface area contributed by atoms with Crippen molar-refractivity contribution in [3.05, 3.63) is 33.9 Å². The number of hydrogen-bond acceptors (Lipinski definition) is 4. The van der Waals surface area contributed by atoms with Crippen molar-refractivity contribution in [1.29, 1.82) is 0 Å². The van der Waals surface area contributed by atoms with E-state index in [0.29, 0.717) is 6.07 Å². The number of aromatic hydroxyl groups is 1. The van der Waals surface area contributed by atoms with Gasteiger partial charge in [-0.3, -0.25) is 10.1 Å². The molecule has 0 unspecified atom stereocenters. The van der Waals surface area contributed by atoms with Crippen molar-refractivity contribution in [2.24, 2.45) is 5.73 Å². The standard InChI is InChI=1S/C8H7F3N2O3/c9-8(10,11)7(12)5-3-4(14)1-2-6(5)13(15)16/h1-3,7,14H,12H2/t7-/m1/s1. The van der Waals surface area contributed by atoms with Gasteiger partial charge in [-0.1, -0.05) is 0 Å². The maximum atomic E-state index is 12.3. The number of phenolic OH excluding ortho intramolecular Hbond substituents is 1. The molecule has 16 heavy (non-hydrogen) atoms. The lowest BCUT2D eigenvalue weighted by atomic mass is 10.0. The number of nitro groups is 1. The Bertz CT molecular complexity index is 419. The van der Waals surface area contributed by atoms with Crippen LogP contribution in [0.1, 0.15) is 11.6 Å². The third-order valence-corrected chi connectivity index (χ3v) is 1.90. The molecule has 1 aromatic carbocycles. The van der Waals surface area contributed by atoms with Gasteiger partial charge in [0.05, 0.1) is 10.5 Å². The lowest BCUT2D eigenvalue weighted by Crippen LogP contribution is -2.29. The highest BCUT2D eigenvalue weighted by molar-refractivity contribution is 5.47. The number of nitrogens with zero attached hydrogens (tertiary/aromatic N) is 1. The van der Waals surface area contributed by atoms with Crippen LogP contribution in [0.3, 0.4) is 0 Å². The molecule has 8 heteroatoms. The van der Waals surface area contributed by atoms with E-state index >= 15 is 0 Å². The van der Waals surface area contributed by atoms with Gasteiger partial charge < -0.3 is 10.8 Å². The van der Waals surface area contributed by atoms with Crippen LogP contribution in [0.25, 0.3) is 0 Å². The maximum absolute atomic E-state index is 12.3. The molecule has 1 atom stereocenters. The lowest BCUT2D eigenvalue weighted by molar-refractivity contribution is -0.386. The third kappa shape index (κ3) is 2.40. The van der Waals surface area contributed by atoms with Gasteiger partial charge in [0.2, 0.25) is 0 Å². The minimum atomic E-state index is -4.81. The Kier molecular flexibility index (Phi) is 3.04. The largest absolute Gasteiger partial charge is 0.508 e. The van der Waals surface area contributed by atoms with Crippen LogP contribution in [0.2, 0.25) is 0 Å². The summed E-state index contributed by atoms with van der Waals surface area (Å²) in [6.07, 6.45) is -4.81. The van der Waals surface area contributed by atoms with Crippen LogP contribution >= 0.6 is 0 Å². The highest BCUT2D eigenvalue weighted by atomic mass is 19.4. The number of alkyl halides is 3. The van der Waals surface area contributed by atoms with Crippen molar-refractivity contribution in [2.45, 2.75) is 12.2 Å². The molecule has 5 nitrogen and oxygen atoms in total. The highest BCUT2D eigenvalue weighted by Gasteiger charge is 2.41. The van der Waals surface area contributed by atoms with Gasteiger partial charge in [0, 0.05) is 6.07 Å². The first kappa shape index (κ1) is 12.2. The summed E-state index contributed by atoms with van der Waals surface area (Å²) >= 11 is 0. The van der Waals surface area contributed by atoms with Gasteiger partial charge in [0.15, 0.2) is 0 Å². The molecule has 88 valence electrons. The number of rotatable bonds is 2. The molecule has 0 bridgehead atoms. The van der Waals surface area contributed by atoms with E-state index in [-0.39, 0.29) is 0 Å². The average Bonchev–Trinajstić information content (AvgIpc) is 2.14. The summed E-state index contributed by atoms with van der Waals surface area (Å²) in [5.41, 5.74) is 3.30. The fraction of sp³-hybridized carbons (Fsp3) is 0.250. The minimum absolute atomic E-state index is 0.514. The number of hydrogen-bond donors (Lipinski definition) is 2. The van der Waals surface area contributed by atoms with E-state index < -0.39 is 34.1 Å². The van der Waals surface area contributed by atoms with Crippen LogP contribution in [0.15, 0.2) is 18.2 Å². The lowest BCUT2D eigenvalue weighted by Gasteiger charge is -2.15. The van der Waals surface area contributed by atoms with Gasteiger partial charge in [-0.25, -0.2) is 0 Å². The molecule has 0 aromatic heterocycles. The van der Waals surface area contributed by atoms with Crippen LogP contribution in [0.4, 0.5) is 18.9 Å². The molecule has 0 saturated heterocycles. The normalized spacial score (nSPS) is 13.5. The Morgan fingerprint density at radius 1 is 1.44 bits per heavy atom. The number of phenols is 1. The molecule has 0 amide bonds. The predicted octanol–water partition coefficient (Wildman–Crippen LogP) is 1.86. The van der Waals surface area contributed by atoms with E-state index in [0.717, 1.165) is 12.1 Å². The van der Waals surface area contributed by atoms with Crippen molar-refractivity contribution in [3.8, 4) is 5.75 Å². The van der Waals surface area contributed by atoms with Gasteiger partial charge in [-0.2, -0.15) is 13.2 Å². The monoisotopic (exact) mass is 236 g/mol. The number of halogens is 3. The first-order chi connectivity index (χ1) is 7.23.